The Morgan fingerprint density at radius 2 is 1.92 bits per heavy atom. The van der Waals surface area contributed by atoms with Crippen LogP contribution in [0.4, 0.5) is 5.69 Å². The number of aryl methyl sites for hydroxylation is 1. The molecule has 2 rings (SSSR count). The van der Waals surface area contributed by atoms with Gasteiger partial charge in [-0.05, 0) is 46.1 Å². The van der Waals surface area contributed by atoms with E-state index in [1.165, 1.54) is 17.0 Å². The molecular weight excluding hydrogens is 404 g/mol. The van der Waals surface area contributed by atoms with Gasteiger partial charge in [0, 0.05) is 19.7 Å². The highest BCUT2D eigenvalue weighted by atomic mass is 79.9. The molecule has 8 heteroatoms. The van der Waals surface area contributed by atoms with Crippen LogP contribution in [0, 0.1) is 17.0 Å². The first-order chi connectivity index (χ1) is 12.3. The van der Waals surface area contributed by atoms with Crippen molar-refractivity contribution in [2.24, 2.45) is 0 Å². The summed E-state index contributed by atoms with van der Waals surface area (Å²) in [7, 11) is 1.62. The lowest BCUT2D eigenvalue weighted by Crippen LogP contribution is -2.31. The average molecular weight is 421 g/mol. The zero-order chi connectivity index (χ0) is 19.3. The van der Waals surface area contributed by atoms with Crippen molar-refractivity contribution in [2.75, 3.05) is 13.7 Å². The number of ether oxygens (including phenoxy) is 1. The number of hydrogen-bond acceptors (Lipinski definition) is 5. The average Bonchev–Trinajstić information content (AvgIpc) is 2.61. The van der Waals surface area contributed by atoms with Crippen LogP contribution in [0.3, 0.4) is 0 Å². The Kier molecular flexibility index (Phi) is 6.46. The molecule has 0 fully saturated rings. The van der Waals surface area contributed by atoms with E-state index in [-0.39, 0.29) is 21.6 Å². The van der Waals surface area contributed by atoms with Gasteiger partial charge in [-0.1, -0.05) is 24.3 Å². The molecule has 1 amide bonds. The van der Waals surface area contributed by atoms with Crippen molar-refractivity contribution in [2.45, 2.75) is 13.5 Å². The Morgan fingerprint density at radius 3 is 2.58 bits per heavy atom. The summed E-state index contributed by atoms with van der Waals surface area (Å²) in [6, 6.07) is 11.6. The molecule has 0 atom stereocenters. The monoisotopic (exact) mass is 420 g/mol. The van der Waals surface area contributed by atoms with Crippen molar-refractivity contribution < 1.29 is 19.2 Å². The van der Waals surface area contributed by atoms with E-state index >= 15 is 0 Å². The van der Waals surface area contributed by atoms with Crippen LogP contribution in [0.1, 0.15) is 21.5 Å². The number of rotatable bonds is 6. The van der Waals surface area contributed by atoms with E-state index in [1.54, 1.807) is 7.05 Å². The maximum atomic E-state index is 12.2. The van der Waals surface area contributed by atoms with Crippen LogP contribution in [0.25, 0.3) is 0 Å². The molecule has 136 valence electrons. The molecule has 0 N–H and O–H groups in total. The van der Waals surface area contributed by atoms with Crippen LogP contribution in [0.2, 0.25) is 0 Å². The highest BCUT2D eigenvalue weighted by Gasteiger charge is 2.18. The molecule has 26 heavy (non-hydrogen) atoms. The fraction of sp³-hybridized carbons (Fsp3) is 0.222. The van der Waals surface area contributed by atoms with E-state index in [4.69, 9.17) is 4.74 Å². The molecule has 0 aliphatic carbocycles. The van der Waals surface area contributed by atoms with Crippen LogP contribution < -0.4 is 0 Å². The summed E-state index contributed by atoms with van der Waals surface area (Å²) in [6.45, 7) is 1.91. The standard InChI is InChI=1S/C18H17BrN2O5/c1-12-5-3-4-6-14(12)10-20(2)17(22)11-26-18(23)13-7-8-15(19)16(9-13)21(24)25/h3-9H,10-11H2,1-2H3. The predicted octanol–water partition coefficient (Wildman–Crippen LogP) is 3.48. The van der Waals surface area contributed by atoms with Gasteiger partial charge in [-0.3, -0.25) is 14.9 Å². The van der Waals surface area contributed by atoms with Gasteiger partial charge in [-0.25, -0.2) is 4.79 Å². The zero-order valence-electron chi connectivity index (χ0n) is 14.3. The lowest BCUT2D eigenvalue weighted by molar-refractivity contribution is -0.385. The van der Waals surface area contributed by atoms with E-state index in [0.29, 0.717) is 6.54 Å². The molecule has 0 saturated heterocycles. The SMILES string of the molecule is Cc1ccccc1CN(C)C(=O)COC(=O)c1ccc(Br)c([N+](=O)[O-])c1. The number of benzene rings is 2. The van der Waals surface area contributed by atoms with Crippen LogP contribution in [-0.2, 0) is 16.1 Å². The van der Waals surface area contributed by atoms with Gasteiger partial charge >= 0.3 is 5.97 Å². The Hall–Kier alpha value is -2.74. The number of nitrogens with zero attached hydrogens (tertiary/aromatic N) is 2. The number of nitro benzene ring substituents is 1. The van der Waals surface area contributed by atoms with E-state index in [0.717, 1.165) is 17.2 Å². The molecule has 0 spiro atoms. The number of nitro groups is 1. The molecule has 0 unspecified atom stereocenters. The van der Waals surface area contributed by atoms with Gasteiger partial charge in [0.2, 0.25) is 0 Å². The molecule has 0 heterocycles. The molecule has 0 aromatic heterocycles. The number of halogens is 1. The first-order valence-corrected chi connectivity index (χ1v) is 8.48. The van der Waals surface area contributed by atoms with Gasteiger partial charge in [-0.2, -0.15) is 0 Å². The Balaban J connectivity index is 1.96. The predicted molar refractivity (Wildman–Crippen MR) is 98.7 cm³/mol. The smallest absolute Gasteiger partial charge is 0.338 e. The van der Waals surface area contributed by atoms with E-state index in [2.05, 4.69) is 15.9 Å². The Morgan fingerprint density at radius 1 is 1.23 bits per heavy atom. The van der Waals surface area contributed by atoms with Gasteiger partial charge in [0.05, 0.1) is 15.0 Å². The molecule has 0 bridgehead atoms. The molecule has 0 radical (unpaired) electrons. The normalized spacial score (nSPS) is 10.3. The number of carbonyl (C=O) groups is 2. The number of amides is 1. The van der Waals surface area contributed by atoms with Crippen molar-refractivity contribution in [3.63, 3.8) is 0 Å². The van der Waals surface area contributed by atoms with E-state index in [9.17, 15) is 19.7 Å². The molecule has 2 aromatic carbocycles. The number of likely N-dealkylation sites (N-methyl/N-ethyl adjacent to an activating group) is 1. The second-order valence-electron chi connectivity index (χ2n) is 5.68. The molecule has 0 aliphatic rings. The van der Waals surface area contributed by atoms with Gasteiger partial charge in [0.25, 0.3) is 11.6 Å². The maximum absolute atomic E-state index is 12.2. The minimum absolute atomic E-state index is 0.00857. The second kappa shape index (κ2) is 8.57. The van der Waals surface area contributed by atoms with E-state index in [1.807, 2.05) is 31.2 Å². The van der Waals surface area contributed by atoms with Crippen LogP contribution in [0.15, 0.2) is 46.9 Å². The number of esters is 1. The van der Waals surface area contributed by atoms with E-state index < -0.39 is 17.5 Å². The van der Waals surface area contributed by atoms with Crippen molar-refractivity contribution in [3.8, 4) is 0 Å². The van der Waals surface area contributed by atoms with Gasteiger partial charge in [-0.15, -0.1) is 0 Å². The fourth-order valence-corrected chi connectivity index (χ4v) is 2.62. The van der Waals surface area contributed by atoms with Gasteiger partial charge < -0.3 is 9.64 Å². The van der Waals surface area contributed by atoms with Crippen molar-refractivity contribution in [1.82, 2.24) is 4.90 Å². The molecule has 0 saturated carbocycles. The third-order valence-electron chi connectivity index (χ3n) is 3.80. The summed E-state index contributed by atoms with van der Waals surface area (Å²) in [5.41, 5.74) is 1.82. The summed E-state index contributed by atoms with van der Waals surface area (Å²) in [5.74, 6) is -1.16. The maximum Gasteiger partial charge on any atom is 0.338 e. The number of carbonyl (C=O) groups excluding carboxylic acids is 2. The fourth-order valence-electron chi connectivity index (χ4n) is 2.23. The lowest BCUT2D eigenvalue weighted by atomic mass is 10.1. The highest BCUT2D eigenvalue weighted by Crippen LogP contribution is 2.25. The van der Waals surface area contributed by atoms with Gasteiger partial charge in [0.15, 0.2) is 6.61 Å². The summed E-state index contributed by atoms with van der Waals surface area (Å²) >= 11 is 3.04. The van der Waals surface area contributed by atoms with Crippen LogP contribution in [-0.4, -0.2) is 35.4 Å². The van der Waals surface area contributed by atoms with Gasteiger partial charge in [0.1, 0.15) is 0 Å². The van der Waals surface area contributed by atoms with Crippen molar-refractivity contribution in [1.29, 1.82) is 0 Å². The molecular formula is C18H17BrN2O5. The molecule has 0 aliphatic heterocycles. The second-order valence-corrected chi connectivity index (χ2v) is 6.53. The topological polar surface area (TPSA) is 89.8 Å². The minimum Gasteiger partial charge on any atom is -0.452 e. The third kappa shape index (κ3) is 4.89. The minimum atomic E-state index is -0.793. The largest absolute Gasteiger partial charge is 0.452 e. The first-order valence-electron chi connectivity index (χ1n) is 7.69. The zero-order valence-corrected chi connectivity index (χ0v) is 15.9. The molecule has 2 aromatic rings. The summed E-state index contributed by atoms with van der Waals surface area (Å²) in [4.78, 5) is 36.0. The summed E-state index contributed by atoms with van der Waals surface area (Å²) in [6.07, 6.45) is 0. The Bertz CT molecular complexity index is 853. The lowest BCUT2D eigenvalue weighted by Gasteiger charge is -2.18. The van der Waals surface area contributed by atoms with Crippen LogP contribution in [0.5, 0.6) is 0 Å². The summed E-state index contributed by atoms with van der Waals surface area (Å²) in [5, 5.41) is 10.9. The van der Waals surface area contributed by atoms with Crippen molar-refractivity contribution >= 4 is 33.5 Å². The first kappa shape index (κ1) is 19.6. The quantitative estimate of drug-likeness (QED) is 0.405. The van der Waals surface area contributed by atoms with Crippen LogP contribution >= 0.6 is 15.9 Å². The third-order valence-corrected chi connectivity index (χ3v) is 4.47. The molecule has 7 nitrogen and oxygen atoms in total. The number of hydrogen-bond donors (Lipinski definition) is 0. The Labute approximate surface area is 158 Å². The summed E-state index contributed by atoms with van der Waals surface area (Å²) < 4.78 is 5.24. The highest BCUT2D eigenvalue weighted by molar-refractivity contribution is 9.10. The van der Waals surface area contributed by atoms with Crippen molar-refractivity contribution in [3.05, 3.63) is 73.7 Å².